The van der Waals surface area contributed by atoms with Crippen LogP contribution in [-0.2, 0) is 32.0 Å². The second-order valence-corrected chi connectivity index (χ2v) is 13.4. The second kappa shape index (κ2) is 19.1. The molecule has 1 fully saturated rings. The molecule has 4 amide bonds. The van der Waals surface area contributed by atoms with Gasteiger partial charge in [0, 0.05) is 25.6 Å². The molecule has 2 bridgehead atoms. The van der Waals surface area contributed by atoms with E-state index in [9.17, 15) is 19.2 Å². The molecule has 12 heteroatoms. The number of piperidine rings is 1. The number of carbonyl (C=O) groups excluding carboxylic acids is 4. The van der Waals surface area contributed by atoms with Crippen LogP contribution in [0.15, 0.2) is 48.5 Å². The molecule has 0 aliphatic carbocycles. The molecule has 2 aliphatic heterocycles. The fourth-order valence-corrected chi connectivity index (χ4v) is 6.20. The van der Waals surface area contributed by atoms with Gasteiger partial charge in [0.1, 0.15) is 12.1 Å². The van der Waals surface area contributed by atoms with Crippen LogP contribution in [0.4, 0.5) is 0 Å². The summed E-state index contributed by atoms with van der Waals surface area (Å²) in [6, 6.07) is 13.0. The molecule has 3 atom stereocenters. The SMILES string of the molecule is COc1ccc2cc1OCC(=O)NCCC[C@H](NC1CCN(C)CC1)C(=O)N[C@@H](Cc1ccccc1)C(=O)N[C@H](C(C)C)C(=O)NCCC2. The summed E-state index contributed by atoms with van der Waals surface area (Å²) in [5.74, 6) is -0.448. The summed E-state index contributed by atoms with van der Waals surface area (Å²) in [6.45, 7) is 6.20. The first kappa shape index (κ1) is 37.7. The van der Waals surface area contributed by atoms with Crippen molar-refractivity contribution >= 4 is 23.6 Å². The van der Waals surface area contributed by atoms with Gasteiger partial charge in [-0.1, -0.05) is 50.2 Å². The number of hydrogen-bond acceptors (Lipinski definition) is 8. The number of nitrogens with zero attached hydrogens (tertiary/aromatic N) is 1. The Morgan fingerprint density at radius 3 is 2.35 bits per heavy atom. The lowest BCUT2D eigenvalue weighted by molar-refractivity contribution is -0.133. The number of likely N-dealkylation sites (tertiary alicyclic amines) is 1. The smallest absolute Gasteiger partial charge is 0.257 e. The molecule has 2 aromatic rings. The minimum atomic E-state index is -0.898. The summed E-state index contributed by atoms with van der Waals surface area (Å²) < 4.78 is 11.3. The highest BCUT2D eigenvalue weighted by atomic mass is 16.5. The minimum absolute atomic E-state index is 0.148. The number of fused-ring (bicyclic) bond motifs is 2. The normalized spacial score (nSPS) is 23.2. The van der Waals surface area contributed by atoms with Crippen LogP contribution in [-0.4, -0.2) is 99.6 Å². The lowest BCUT2D eigenvalue weighted by Crippen LogP contribution is -2.59. The first-order valence-electron chi connectivity index (χ1n) is 17.6. The number of hydrogen-bond donors (Lipinski definition) is 5. The van der Waals surface area contributed by atoms with Crippen LogP contribution in [0.3, 0.4) is 0 Å². The molecule has 1 saturated heterocycles. The van der Waals surface area contributed by atoms with Crippen molar-refractivity contribution < 1.29 is 28.7 Å². The van der Waals surface area contributed by atoms with Crippen LogP contribution in [0, 0.1) is 5.92 Å². The number of carbonyl (C=O) groups is 4. The van der Waals surface area contributed by atoms with E-state index < -0.39 is 24.0 Å². The van der Waals surface area contributed by atoms with Gasteiger partial charge >= 0.3 is 0 Å². The molecule has 0 radical (unpaired) electrons. The summed E-state index contributed by atoms with van der Waals surface area (Å²) in [7, 11) is 3.63. The zero-order chi connectivity index (χ0) is 35.2. The quantitative estimate of drug-likeness (QED) is 0.312. The zero-order valence-corrected chi connectivity index (χ0v) is 29.4. The molecule has 49 heavy (non-hydrogen) atoms. The van der Waals surface area contributed by atoms with Gasteiger partial charge in [0.15, 0.2) is 18.1 Å². The number of benzene rings is 2. The predicted octanol–water partition coefficient (Wildman–Crippen LogP) is 1.95. The van der Waals surface area contributed by atoms with Crippen molar-refractivity contribution in [3.63, 3.8) is 0 Å². The summed E-state index contributed by atoms with van der Waals surface area (Å²) >= 11 is 0. The Kier molecular flexibility index (Phi) is 14.7. The number of ether oxygens (including phenoxy) is 2. The largest absolute Gasteiger partial charge is 0.493 e. The van der Waals surface area contributed by atoms with Crippen molar-refractivity contribution in [2.75, 3.05) is 46.9 Å². The van der Waals surface area contributed by atoms with Gasteiger partial charge in [0.2, 0.25) is 17.7 Å². The Morgan fingerprint density at radius 1 is 0.898 bits per heavy atom. The number of methoxy groups -OCH3 is 1. The molecular weight excluding hydrogens is 624 g/mol. The van der Waals surface area contributed by atoms with Crippen LogP contribution < -0.4 is 36.1 Å². The van der Waals surface area contributed by atoms with E-state index in [1.165, 1.54) is 0 Å². The van der Waals surface area contributed by atoms with E-state index in [0.717, 1.165) is 37.1 Å². The molecule has 5 N–H and O–H groups in total. The molecular formula is C37H54N6O6. The molecule has 2 heterocycles. The topological polar surface area (TPSA) is 150 Å². The van der Waals surface area contributed by atoms with E-state index in [4.69, 9.17) is 9.47 Å². The van der Waals surface area contributed by atoms with Crippen LogP contribution in [0.25, 0.3) is 0 Å². The number of amides is 4. The maximum Gasteiger partial charge on any atom is 0.257 e. The van der Waals surface area contributed by atoms with Crippen LogP contribution >= 0.6 is 0 Å². The summed E-state index contributed by atoms with van der Waals surface area (Å²) in [5.41, 5.74) is 1.87. The molecule has 0 unspecified atom stereocenters. The lowest BCUT2D eigenvalue weighted by atomic mass is 9.99. The van der Waals surface area contributed by atoms with Crippen LogP contribution in [0.5, 0.6) is 11.5 Å². The lowest BCUT2D eigenvalue weighted by Gasteiger charge is -2.33. The molecule has 12 nitrogen and oxygen atoms in total. The third kappa shape index (κ3) is 12.0. The van der Waals surface area contributed by atoms with E-state index in [1.807, 2.05) is 56.3 Å². The number of rotatable bonds is 6. The van der Waals surface area contributed by atoms with Gasteiger partial charge in [0.05, 0.1) is 13.2 Å². The highest BCUT2D eigenvalue weighted by molar-refractivity contribution is 5.93. The van der Waals surface area contributed by atoms with E-state index in [-0.39, 0.29) is 42.7 Å². The van der Waals surface area contributed by atoms with Crippen molar-refractivity contribution in [2.24, 2.45) is 5.92 Å². The number of nitrogens with one attached hydrogen (secondary N) is 5. The Bertz CT molecular complexity index is 1380. The third-order valence-electron chi connectivity index (χ3n) is 9.15. The minimum Gasteiger partial charge on any atom is -0.493 e. The maximum atomic E-state index is 14.0. The van der Waals surface area contributed by atoms with Crippen molar-refractivity contribution in [3.8, 4) is 11.5 Å². The van der Waals surface area contributed by atoms with Crippen molar-refractivity contribution in [3.05, 3.63) is 59.7 Å². The van der Waals surface area contributed by atoms with Gasteiger partial charge < -0.3 is 41.0 Å². The molecule has 0 spiro atoms. The molecule has 2 aromatic carbocycles. The van der Waals surface area contributed by atoms with Gasteiger partial charge in [-0.15, -0.1) is 0 Å². The Labute approximate surface area is 290 Å². The van der Waals surface area contributed by atoms with E-state index >= 15 is 0 Å². The van der Waals surface area contributed by atoms with Crippen molar-refractivity contribution in [2.45, 2.75) is 83.0 Å². The molecule has 268 valence electrons. The van der Waals surface area contributed by atoms with Gasteiger partial charge in [-0.25, -0.2) is 0 Å². The second-order valence-electron chi connectivity index (χ2n) is 13.4. The van der Waals surface area contributed by atoms with Gasteiger partial charge in [-0.05, 0) is 87.8 Å². The van der Waals surface area contributed by atoms with E-state index in [2.05, 4.69) is 38.5 Å². The summed E-state index contributed by atoms with van der Waals surface area (Å²) in [4.78, 5) is 56.2. The monoisotopic (exact) mass is 678 g/mol. The predicted molar refractivity (Wildman–Crippen MR) is 188 cm³/mol. The average Bonchev–Trinajstić information content (AvgIpc) is 3.09. The van der Waals surface area contributed by atoms with Crippen molar-refractivity contribution in [1.82, 2.24) is 31.5 Å². The Morgan fingerprint density at radius 2 is 1.63 bits per heavy atom. The molecule has 0 aromatic heterocycles. The Hall–Kier alpha value is -4.16. The van der Waals surface area contributed by atoms with Crippen LogP contribution in [0.1, 0.15) is 57.1 Å². The van der Waals surface area contributed by atoms with Gasteiger partial charge in [0.25, 0.3) is 5.91 Å². The fraction of sp³-hybridized carbons (Fsp3) is 0.568. The first-order valence-corrected chi connectivity index (χ1v) is 17.6. The fourth-order valence-electron chi connectivity index (χ4n) is 6.20. The first-order chi connectivity index (χ1) is 23.6. The average molecular weight is 679 g/mol. The van der Waals surface area contributed by atoms with Gasteiger partial charge in [-0.2, -0.15) is 0 Å². The van der Waals surface area contributed by atoms with E-state index in [1.54, 1.807) is 13.2 Å². The molecule has 2 aliphatic rings. The molecule has 4 rings (SSSR count). The van der Waals surface area contributed by atoms with Gasteiger partial charge in [-0.3, -0.25) is 19.2 Å². The Balaban J connectivity index is 1.56. The standard InChI is InChI=1S/C37H54N6O6/c1-25(2)34-37(47)39-19-8-12-27-14-15-31(48-4)32(23-27)49-24-33(44)38-18-9-13-29(40-28-16-20-43(3)21-17-28)35(45)41-30(36(46)42-34)22-26-10-6-5-7-11-26/h5-7,10-11,14-15,23,25,28-30,34,40H,8-9,12-13,16-22,24H2,1-4H3,(H,38,44)(H,39,47)(H,41,45)(H,42,46)/t29-,30-,34+/m0/s1. The van der Waals surface area contributed by atoms with E-state index in [0.29, 0.717) is 50.3 Å². The maximum absolute atomic E-state index is 14.0. The number of aryl methyl sites for hydroxylation is 1. The molecule has 0 saturated carbocycles. The van der Waals surface area contributed by atoms with Crippen LogP contribution in [0.2, 0.25) is 0 Å². The highest BCUT2D eigenvalue weighted by Crippen LogP contribution is 2.28. The third-order valence-corrected chi connectivity index (χ3v) is 9.15. The summed E-state index contributed by atoms with van der Waals surface area (Å²) in [6.07, 6.45) is 4.36. The zero-order valence-electron chi connectivity index (χ0n) is 29.4. The highest BCUT2D eigenvalue weighted by Gasteiger charge is 2.31. The summed E-state index contributed by atoms with van der Waals surface area (Å²) in [5, 5.41) is 15.4. The van der Waals surface area contributed by atoms with Crippen molar-refractivity contribution in [1.29, 1.82) is 0 Å².